The highest BCUT2D eigenvalue weighted by atomic mass is 16.2. The molecule has 1 aliphatic carbocycles. The van der Waals surface area contributed by atoms with Crippen molar-refractivity contribution < 1.29 is 28.8 Å². The van der Waals surface area contributed by atoms with Crippen molar-refractivity contribution in [3.63, 3.8) is 0 Å². The van der Waals surface area contributed by atoms with Crippen LogP contribution in [0, 0.1) is 11.3 Å². The predicted molar refractivity (Wildman–Crippen MR) is 216 cm³/mol. The first-order valence-electron chi connectivity index (χ1n) is 21.2. The van der Waals surface area contributed by atoms with Gasteiger partial charge in [-0.15, -0.1) is 0 Å². The van der Waals surface area contributed by atoms with Crippen LogP contribution in [0.3, 0.4) is 0 Å². The highest BCUT2D eigenvalue weighted by molar-refractivity contribution is 6.24. The second-order valence-electron chi connectivity index (χ2n) is 17.5. The number of nitrogens with zero attached hydrogens (tertiary/aromatic N) is 9. The fourth-order valence-electron chi connectivity index (χ4n) is 10.5. The number of aryl methyl sites for hydroxylation is 1. The summed E-state index contributed by atoms with van der Waals surface area (Å²) >= 11 is 0. The van der Waals surface area contributed by atoms with Crippen LogP contribution < -0.4 is 15.5 Å². The van der Waals surface area contributed by atoms with Gasteiger partial charge in [-0.2, -0.15) is 5.10 Å². The van der Waals surface area contributed by atoms with Crippen molar-refractivity contribution in [1.82, 2.24) is 34.4 Å². The van der Waals surface area contributed by atoms with Gasteiger partial charge in [0.15, 0.2) is 5.78 Å². The van der Waals surface area contributed by atoms with Crippen molar-refractivity contribution in [3.8, 4) is 0 Å². The molecule has 4 amide bonds. The number of hydrogen-bond acceptors (Lipinski definition) is 12. The van der Waals surface area contributed by atoms with Crippen LogP contribution in [0.15, 0.2) is 36.8 Å². The van der Waals surface area contributed by atoms with Gasteiger partial charge in [-0.3, -0.25) is 38.3 Å². The molecule has 2 N–H and O–H groups in total. The van der Waals surface area contributed by atoms with Crippen LogP contribution in [0.4, 0.5) is 11.5 Å². The van der Waals surface area contributed by atoms with Gasteiger partial charge in [0.1, 0.15) is 17.3 Å². The first kappa shape index (κ1) is 39.0. The molecular formula is C43H52N10O6. The number of anilines is 2. The number of carbonyl (C=O) groups is 6. The molecule has 4 saturated heterocycles. The van der Waals surface area contributed by atoms with Gasteiger partial charge in [0, 0.05) is 77.1 Å². The molecule has 2 aromatic heterocycles. The Hall–Kier alpha value is -5.51. The first-order valence-corrected chi connectivity index (χ1v) is 21.2. The monoisotopic (exact) mass is 804 g/mol. The number of aromatic nitrogens is 4. The summed E-state index contributed by atoms with van der Waals surface area (Å²) in [7, 11) is 1.84. The fourth-order valence-corrected chi connectivity index (χ4v) is 10.5. The maximum absolute atomic E-state index is 14.2. The number of carbonyl (C=O) groups excluding carboxylic acids is 6. The van der Waals surface area contributed by atoms with Crippen LogP contribution in [-0.2, 0) is 27.9 Å². The predicted octanol–water partition coefficient (Wildman–Crippen LogP) is 2.39. The largest absolute Gasteiger partial charge is 0.371 e. The van der Waals surface area contributed by atoms with Gasteiger partial charge in [0.05, 0.1) is 47.1 Å². The van der Waals surface area contributed by atoms with Crippen molar-refractivity contribution >= 4 is 46.7 Å². The molecule has 2 unspecified atom stereocenters. The van der Waals surface area contributed by atoms with Crippen LogP contribution >= 0.6 is 0 Å². The molecule has 5 aliphatic heterocycles. The minimum absolute atomic E-state index is 0.0921. The first-order chi connectivity index (χ1) is 28.5. The van der Waals surface area contributed by atoms with E-state index in [4.69, 9.17) is 10.7 Å². The minimum Gasteiger partial charge on any atom is -0.371 e. The summed E-state index contributed by atoms with van der Waals surface area (Å²) in [6, 6.07) is 4.62. The van der Waals surface area contributed by atoms with E-state index in [2.05, 4.69) is 29.7 Å². The molecule has 2 atom stereocenters. The Kier molecular flexibility index (Phi) is 10.3. The van der Waals surface area contributed by atoms with E-state index in [0.717, 1.165) is 107 Å². The van der Waals surface area contributed by atoms with E-state index in [0.29, 0.717) is 47.4 Å². The number of likely N-dealkylation sites (tertiary alicyclic amines) is 2. The summed E-state index contributed by atoms with van der Waals surface area (Å²) in [6.45, 7) is 6.75. The third-order valence-electron chi connectivity index (χ3n) is 13.9. The van der Waals surface area contributed by atoms with Crippen molar-refractivity contribution in [1.29, 1.82) is 0 Å². The lowest BCUT2D eigenvalue weighted by atomic mass is 9.76. The number of nitrogens with two attached hydrogens (primary N) is 1. The number of imide groups is 1. The number of benzene rings is 1. The highest BCUT2D eigenvalue weighted by Crippen LogP contribution is 2.44. The van der Waals surface area contributed by atoms with E-state index in [-0.39, 0.29) is 48.0 Å². The smallest absolute Gasteiger partial charge is 0.269 e. The minimum atomic E-state index is -0.867. The second-order valence-corrected chi connectivity index (χ2v) is 17.5. The maximum atomic E-state index is 14.2. The Bertz CT molecular complexity index is 2200. The number of rotatable bonds is 9. The van der Waals surface area contributed by atoms with Gasteiger partial charge in [-0.25, -0.2) is 9.97 Å². The molecule has 1 aromatic carbocycles. The van der Waals surface area contributed by atoms with Crippen LogP contribution in [0.2, 0.25) is 0 Å². The summed E-state index contributed by atoms with van der Waals surface area (Å²) in [5.74, 6) is -0.498. The van der Waals surface area contributed by atoms with E-state index in [1.165, 1.54) is 0 Å². The van der Waals surface area contributed by atoms with Crippen LogP contribution in [-0.4, -0.2) is 134 Å². The van der Waals surface area contributed by atoms with Crippen LogP contribution in [0.1, 0.15) is 107 Å². The molecule has 59 heavy (non-hydrogen) atoms. The number of piperidine rings is 3. The van der Waals surface area contributed by atoms with E-state index in [9.17, 15) is 28.8 Å². The van der Waals surface area contributed by atoms with Gasteiger partial charge in [0.25, 0.3) is 17.7 Å². The van der Waals surface area contributed by atoms with E-state index < -0.39 is 23.8 Å². The average molecular weight is 805 g/mol. The van der Waals surface area contributed by atoms with Gasteiger partial charge >= 0.3 is 0 Å². The molecule has 0 radical (unpaired) electrons. The zero-order valence-electron chi connectivity index (χ0n) is 33.7. The Balaban J connectivity index is 0.764. The SMILES string of the molecule is Cn1cc(Cc2nc(N3CCCC(N4CCC5(CCN(CC6CCN(c7ccc8c(c7)C(=O)N(C7CCC(=O)CC7=O)C8=O)CC6)CC5)C4=O)C3)cnc2C(N)=O)cn1. The lowest BCUT2D eigenvalue weighted by molar-refractivity contribution is -0.140. The molecule has 16 heteroatoms. The summed E-state index contributed by atoms with van der Waals surface area (Å²) < 4.78 is 1.71. The van der Waals surface area contributed by atoms with E-state index in [1.807, 2.05) is 19.3 Å². The van der Waals surface area contributed by atoms with Crippen molar-refractivity contribution in [2.45, 2.75) is 82.7 Å². The molecule has 0 bridgehead atoms. The van der Waals surface area contributed by atoms with E-state index >= 15 is 0 Å². The molecule has 6 aliphatic rings. The van der Waals surface area contributed by atoms with Gasteiger partial charge in [-0.05, 0) is 94.1 Å². The molecule has 7 heterocycles. The lowest BCUT2D eigenvalue weighted by Gasteiger charge is -2.42. The molecule has 3 aromatic rings. The van der Waals surface area contributed by atoms with Crippen LogP contribution in [0.25, 0.3) is 0 Å². The Morgan fingerprint density at radius 3 is 2.37 bits per heavy atom. The van der Waals surface area contributed by atoms with Gasteiger partial charge in [-0.1, -0.05) is 0 Å². The maximum Gasteiger partial charge on any atom is 0.269 e. The quantitative estimate of drug-likeness (QED) is 0.246. The van der Waals surface area contributed by atoms with Crippen molar-refractivity contribution in [2.75, 3.05) is 62.2 Å². The summed E-state index contributed by atoms with van der Waals surface area (Å²) in [4.78, 5) is 96.9. The van der Waals surface area contributed by atoms with Crippen LogP contribution in [0.5, 0.6) is 0 Å². The summed E-state index contributed by atoms with van der Waals surface area (Å²) in [5, 5.41) is 4.24. The van der Waals surface area contributed by atoms with Gasteiger partial charge < -0.3 is 25.3 Å². The molecular weight excluding hydrogens is 753 g/mol. The molecule has 16 nitrogen and oxygen atoms in total. The molecule has 310 valence electrons. The van der Waals surface area contributed by atoms with E-state index in [1.54, 1.807) is 29.2 Å². The highest BCUT2D eigenvalue weighted by Gasteiger charge is 2.50. The molecule has 9 rings (SSSR count). The normalized spacial score (nSPS) is 24.2. The Labute approximate surface area is 343 Å². The number of fused-ring (bicyclic) bond motifs is 1. The zero-order chi connectivity index (χ0) is 41.0. The second kappa shape index (κ2) is 15.6. The fraction of sp³-hybridized carbons (Fsp3) is 0.558. The number of hydrogen-bond donors (Lipinski definition) is 1. The standard InChI is InChI=1S/C43H52N10O6/c1-48-24-28(22-46-48)19-34-38(39(44)56)45-23-37(47-34)51-13-2-3-30(26-51)52-18-12-43(42(52)59)10-16-49(17-11-43)25-27-8-14-50(15-9-27)29-4-6-32-33(20-29)41(58)53(40(32)57)35-7-5-31(54)21-36(35)55/h4,6,20,22-24,27,30,35H,2-3,5,7-19,21,25-26H2,1H3,(H2,44,56). The molecule has 1 saturated carbocycles. The molecule has 1 spiro atoms. The average Bonchev–Trinajstić information content (AvgIpc) is 3.87. The summed E-state index contributed by atoms with van der Waals surface area (Å²) in [5.41, 5.74) is 8.52. The van der Waals surface area contributed by atoms with Gasteiger partial charge in [0.2, 0.25) is 5.91 Å². The number of amides is 4. The number of ketones is 2. The third kappa shape index (κ3) is 7.40. The summed E-state index contributed by atoms with van der Waals surface area (Å²) in [6.07, 6.45) is 12.4. The van der Waals surface area contributed by atoms with Crippen molar-refractivity contribution in [3.05, 3.63) is 64.9 Å². The topological polar surface area (TPSA) is 188 Å². The van der Waals surface area contributed by atoms with Crippen molar-refractivity contribution in [2.24, 2.45) is 24.1 Å². The Morgan fingerprint density at radius 1 is 0.881 bits per heavy atom. The number of Topliss-reactive ketones (excluding diaryl/α,β-unsaturated/α-hetero) is 2. The Morgan fingerprint density at radius 2 is 1.64 bits per heavy atom. The third-order valence-corrected chi connectivity index (χ3v) is 13.9. The zero-order valence-corrected chi connectivity index (χ0v) is 33.7. The number of primary amides is 1. The lowest BCUT2D eigenvalue weighted by Crippen LogP contribution is -2.52. The molecule has 5 fully saturated rings.